The molecule has 112 valence electrons. The molecule has 3 N–H and O–H groups in total. The molecule has 0 aliphatic rings. The highest BCUT2D eigenvalue weighted by atomic mass is 19.3. The molecule has 21 heavy (non-hydrogen) atoms. The van der Waals surface area contributed by atoms with Gasteiger partial charge in [0, 0.05) is 16.8 Å². The number of hydrogen-bond acceptors (Lipinski definition) is 5. The van der Waals surface area contributed by atoms with Crippen molar-refractivity contribution in [3.05, 3.63) is 35.5 Å². The Morgan fingerprint density at radius 2 is 1.90 bits per heavy atom. The predicted molar refractivity (Wildman–Crippen MR) is 76.0 cm³/mol. The number of aromatic nitrogens is 2. The highest BCUT2D eigenvalue weighted by Gasteiger charge is 2.11. The van der Waals surface area contributed by atoms with Gasteiger partial charge in [0.15, 0.2) is 5.82 Å². The van der Waals surface area contributed by atoms with E-state index in [4.69, 9.17) is 5.84 Å². The summed E-state index contributed by atoms with van der Waals surface area (Å²) in [5.74, 6) is 6.60. The van der Waals surface area contributed by atoms with Gasteiger partial charge in [-0.25, -0.2) is 15.8 Å². The number of hydrogen-bond donors (Lipinski definition) is 2. The van der Waals surface area contributed by atoms with Crippen molar-refractivity contribution in [3.8, 4) is 17.1 Å². The molecule has 0 saturated heterocycles. The summed E-state index contributed by atoms with van der Waals surface area (Å²) in [6.07, 6.45) is 0.757. The number of ether oxygens (including phenoxy) is 1. The van der Waals surface area contributed by atoms with Gasteiger partial charge in [0.1, 0.15) is 11.6 Å². The lowest BCUT2D eigenvalue weighted by Gasteiger charge is -2.11. The normalized spacial score (nSPS) is 10.8. The number of halogens is 2. The Bertz CT molecular complexity index is 617. The molecule has 7 heteroatoms. The van der Waals surface area contributed by atoms with Crippen LogP contribution in [0.4, 0.5) is 14.6 Å². The maximum Gasteiger partial charge on any atom is 0.387 e. The smallest absolute Gasteiger partial charge is 0.387 e. The number of benzene rings is 1. The molecule has 1 heterocycles. The standard InChI is InChI=1S/C14H16F2N4O/c1-3-11-8(2)18-12(19-13(11)20-17)9-4-6-10(7-5-9)21-14(15)16/h4-7,14H,3,17H2,1-2H3,(H,18,19,20). The average molecular weight is 294 g/mol. The molecule has 0 bridgehead atoms. The highest BCUT2D eigenvalue weighted by Crippen LogP contribution is 2.24. The van der Waals surface area contributed by atoms with Crippen molar-refractivity contribution in [1.82, 2.24) is 9.97 Å². The van der Waals surface area contributed by atoms with Gasteiger partial charge in [-0.3, -0.25) is 0 Å². The monoisotopic (exact) mass is 294 g/mol. The number of nitrogen functional groups attached to an aromatic ring is 1. The number of alkyl halides is 2. The first-order valence-corrected chi connectivity index (χ1v) is 6.44. The number of nitrogens with one attached hydrogen (secondary N) is 1. The highest BCUT2D eigenvalue weighted by molar-refractivity contribution is 5.60. The molecule has 0 saturated carbocycles. The largest absolute Gasteiger partial charge is 0.435 e. The number of rotatable bonds is 5. The van der Waals surface area contributed by atoms with E-state index >= 15 is 0 Å². The van der Waals surface area contributed by atoms with Crippen LogP contribution in [0.1, 0.15) is 18.2 Å². The van der Waals surface area contributed by atoms with Crippen molar-refractivity contribution < 1.29 is 13.5 Å². The maximum atomic E-state index is 12.1. The molecule has 2 aromatic rings. The summed E-state index contributed by atoms with van der Waals surface area (Å²) in [6, 6.07) is 6.14. The molecule has 0 amide bonds. The molecule has 0 atom stereocenters. The van der Waals surface area contributed by atoms with Gasteiger partial charge in [-0.05, 0) is 37.6 Å². The molecule has 0 aliphatic heterocycles. The Kier molecular flexibility index (Phi) is 4.64. The van der Waals surface area contributed by atoms with Crippen LogP contribution in [-0.4, -0.2) is 16.6 Å². The summed E-state index contributed by atoms with van der Waals surface area (Å²) in [6.45, 7) is 1.02. The van der Waals surface area contributed by atoms with E-state index in [-0.39, 0.29) is 5.75 Å². The number of nitrogens with zero attached hydrogens (tertiary/aromatic N) is 2. The summed E-state index contributed by atoms with van der Waals surface area (Å²) in [5, 5.41) is 0. The van der Waals surface area contributed by atoms with Gasteiger partial charge in [0.25, 0.3) is 0 Å². The van der Waals surface area contributed by atoms with Crippen molar-refractivity contribution in [1.29, 1.82) is 0 Å². The Labute approximate surface area is 121 Å². The van der Waals surface area contributed by atoms with Crippen molar-refractivity contribution in [2.45, 2.75) is 26.9 Å². The first-order valence-electron chi connectivity index (χ1n) is 6.44. The minimum Gasteiger partial charge on any atom is -0.435 e. The van der Waals surface area contributed by atoms with Crippen LogP contribution in [-0.2, 0) is 6.42 Å². The van der Waals surface area contributed by atoms with Crippen LogP contribution in [0.15, 0.2) is 24.3 Å². The van der Waals surface area contributed by atoms with Gasteiger partial charge >= 0.3 is 6.61 Å². The molecule has 0 radical (unpaired) electrons. The third-order valence-electron chi connectivity index (χ3n) is 3.04. The molecule has 0 fully saturated rings. The fourth-order valence-electron chi connectivity index (χ4n) is 2.05. The first kappa shape index (κ1) is 15.1. The van der Waals surface area contributed by atoms with E-state index < -0.39 is 6.61 Å². The molecule has 0 spiro atoms. The van der Waals surface area contributed by atoms with Gasteiger partial charge in [-0.15, -0.1) is 0 Å². The zero-order valence-corrected chi connectivity index (χ0v) is 11.7. The van der Waals surface area contributed by atoms with E-state index in [2.05, 4.69) is 20.1 Å². The quantitative estimate of drug-likeness (QED) is 0.655. The molecule has 5 nitrogen and oxygen atoms in total. The topological polar surface area (TPSA) is 73.1 Å². The summed E-state index contributed by atoms with van der Waals surface area (Å²) < 4.78 is 28.5. The van der Waals surface area contributed by atoms with E-state index in [0.717, 1.165) is 17.7 Å². The zero-order chi connectivity index (χ0) is 15.4. The van der Waals surface area contributed by atoms with E-state index in [1.165, 1.54) is 12.1 Å². The van der Waals surface area contributed by atoms with Crippen LogP contribution in [0.3, 0.4) is 0 Å². The number of anilines is 1. The SMILES string of the molecule is CCc1c(C)nc(-c2ccc(OC(F)F)cc2)nc1NN. The second-order valence-electron chi connectivity index (χ2n) is 4.36. The average Bonchev–Trinajstić information content (AvgIpc) is 2.46. The third kappa shape index (κ3) is 3.43. The van der Waals surface area contributed by atoms with Crippen LogP contribution in [0.5, 0.6) is 5.75 Å². The molecule has 0 unspecified atom stereocenters. The maximum absolute atomic E-state index is 12.1. The van der Waals surface area contributed by atoms with Crippen molar-refractivity contribution in [2.24, 2.45) is 5.84 Å². The lowest BCUT2D eigenvalue weighted by Crippen LogP contribution is -2.13. The van der Waals surface area contributed by atoms with Gasteiger partial charge in [-0.2, -0.15) is 8.78 Å². The van der Waals surface area contributed by atoms with E-state index in [1.807, 2.05) is 13.8 Å². The molecule has 0 aliphatic carbocycles. The van der Waals surface area contributed by atoms with Crippen LogP contribution in [0, 0.1) is 6.92 Å². The number of nitrogens with two attached hydrogens (primary N) is 1. The van der Waals surface area contributed by atoms with E-state index in [0.29, 0.717) is 17.2 Å². The van der Waals surface area contributed by atoms with Crippen molar-refractivity contribution >= 4 is 5.82 Å². The van der Waals surface area contributed by atoms with E-state index in [9.17, 15) is 8.78 Å². The Morgan fingerprint density at radius 1 is 1.24 bits per heavy atom. The van der Waals surface area contributed by atoms with Crippen LogP contribution in [0.25, 0.3) is 11.4 Å². The minimum atomic E-state index is -2.84. The van der Waals surface area contributed by atoms with Crippen molar-refractivity contribution in [2.75, 3.05) is 5.43 Å². The third-order valence-corrected chi connectivity index (χ3v) is 3.04. The fraction of sp³-hybridized carbons (Fsp3) is 0.286. The van der Waals surface area contributed by atoms with Crippen molar-refractivity contribution in [3.63, 3.8) is 0 Å². The Balaban J connectivity index is 2.35. The lowest BCUT2D eigenvalue weighted by atomic mass is 10.1. The second-order valence-corrected chi connectivity index (χ2v) is 4.36. The molecule has 1 aromatic heterocycles. The number of aryl methyl sites for hydroxylation is 1. The summed E-state index contributed by atoms with van der Waals surface area (Å²) >= 11 is 0. The zero-order valence-electron chi connectivity index (χ0n) is 11.7. The Morgan fingerprint density at radius 3 is 2.43 bits per heavy atom. The summed E-state index contributed by atoms with van der Waals surface area (Å²) in [4.78, 5) is 8.77. The van der Waals surface area contributed by atoms with Crippen LogP contribution in [0.2, 0.25) is 0 Å². The van der Waals surface area contributed by atoms with Gasteiger partial charge in [-0.1, -0.05) is 6.92 Å². The van der Waals surface area contributed by atoms with E-state index in [1.54, 1.807) is 12.1 Å². The summed E-state index contributed by atoms with van der Waals surface area (Å²) in [7, 11) is 0. The van der Waals surface area contributed by atoms with Gasteiger partial charge < -0.3 is 10.2 Å². The van der Waals surface area contributed by atoms with Gasteiger partial charge in [0.2, 0.25) is 0 Å². The predicted octanol–water partition coefficient (Wildman–Crippen LogP) is 2.90. The number of hydrazine groups is 1. The molecular weight excluding hydrogens is 278 g/mol. The first-order chi connectivity index (χ1) is 10.0. The minimum absolute atomic E-state index is 0.0906. The molecule has 2 rings (SSSR count). The fourth-order valence-corrected chi connectivity index (χ4v) is 2.05. The Hall–Kier alpha value is -2.28. The van der Waals surface area contributed by atoms with Gasteiger partial charge in [0.05, 0.1) is 0 Å². The molecular formula is C14H16F2N4O. The van der Waals surface area contributed by atoms with Crippen LogP contribution < -0.4 is 16.0 Å². The van der Waals surface area contributed by atoms with Crippen LogP contribution >= 0.6 is 0 Å². The second kappa shape index (κ2) is 6.45. The summed E-state index contributed by atoms with van der Waals surface area (Å²) in [5.41, 5.74) is 5.02. The molecule has 1 aromatic carbocycles. The lowest BCUT2D eigenvalue weighted by molar-refractivity contribution is -0.0498.